The molecular formula is C38H43N3O4. The summed E-state index contributed by atoms with van der Waals surface area (Å²) in [5.41, 5.74) is 14.0. The van der Waals surface area contributed by atoms with Crippen LogP contribution in [0.4, 0.5) is 5.69 Å². The minimum atomic E-state index is -1.33. The number of esters is 2. The molecule has 0 aliphatic carbocycles. The van der Waals surface area contributed by atoms with Crippen LogP contribution in [0.5, 0.6) is 0 Å². The third kappa shape index (κ3) is 6.36. The molecule has 0 saturated heterocycles. The second-order valence-corrected chi connectivity index (χ2v) is 11.7. The average Bonchev–Trinajstić information content (AvgIpc) is 3.31. The van der Waals surface area contributed by atoms with E-state index in [2.05, 4.69) is 16.0 Å². The van der Waals surface area contributed by atoms with Gasteiger partial charge < -0.3 is 20.1 Å². The number of nitrogens with zero attached hydrogens (tertiary/aromatic N) is 2. The standard InChI is InChI=1S/C38H43N3O4/c1-5-41-33-17-16-32(36(42)44-6-2)31(15-11-10-12-28-18-20-40-21-19-28)34(33)35(39)38(41,30-23-26(3)22-27(4)24-30)37(43)45-25-29-13-8-7-9-14-29/h7-9,13-14,16-24,35H,5-6,10-12,15,25,39H2,1-4H3. The van der Waals surface area contributed by atoms with Crippen molar-refractivity contribution in [2.75, 3.05) is 18.1 Å². The maximum atomic E-state index is 14.6. The number of aromatic nitrogens is 1. The minimum Gasteiger partial charge on any atom is -0.462 e. The smallest absolute Gasteiger partial charge is 0.339 e. The van der Waals surface area contributed by atoms with Crippen LogP contribution in [-0.2, 0) is 39.3 Å². The van der Waals surface area contributed by atoms with Gasteiger partial charge in [0.15, 0.2) is 5.54 Å². The molecule has 0 amide bonds. The third-order valence-electron chi connectivity index (χ3n) is 8.70. The molecule has 45 heavy (non-hydrogen) atoms. The molecule has 0 bridgehead atoms. The Bertz CT molecular complexity index is 1620. The highest BCUT2D eigenvalue weighted by Crippen LogP contribution is 2.54. The molecule has 7 nitrogen and oxygen atoms in total. The Morgan fingerprint density at radius 3 is 2.22 bits per heavy atom. The van der Waals surface area contributed by atoms with Crippen molar-refractivity contribution in [3.8, 4) is 0 Å². The molecular weight excluding hydrogens is 562 g/mol. The molecule has 5 rings (SSSR count). The van der Waals surface area contributed by atoms with Crippen molar-refractivity contribution in [2.45, 2.75) is 71.6 Å². The van der Waals surface area contributed by atoms with Crippen LogP contribution in [0.2, 0.25) is 0 Å². The summed E-state index contributed by atoms with van der Waals surface area (Å²) in [6, 6.07) is 22.8. The normalized spacial score (nSPS) is 17.2. The lowest BCUT2D eigenvalue weighted by atomic mass is 9.79. The van der Waals surface area contributed by atoms with E-state index in [0.29, 0.717) is 18.5 Å². The van der Waals surface area contributed by atoms with E-state index in [1.54, 1.807) is 19.3 Å². The van der Waals surface area contributed by atoms with Gasteiger partial charge in [0, 0.05) is 24.6 Å². The highest BCUT2D eigenvalue weighted by Gasteiger charge is 2.58. The van der Waals surface area contributed by atoms with E-state index >= 15 is 0 Å². The van der Waals surface area contributed by atoms with Gasteiger partial charge in [0.25, 0.3) is 0 Å². The largest absolute Gasteiger partial charge is 0.462 e. The molecule has 2 unspecified atom stereocenters. The summed E-state index contributed by atoms with van der Waals surface area (Å²) in [7, 11) is 0. The van der Waals surface area contributed by atoms with Crippen molar-refractivity contribution >= 4 is 17.6 Å². The minimum absolute atomic E-state index is 0.128. The maximum Gasteiger partial charge on any atom is 0.339 e. The Morgan fingerprint density at radius 2 is 1.56 bits per heavy atom. The first-order valence-corrected chi connectivity index (χ1v) is 15.9. The van der Waals surface area contributed by atoms with Crippen LogP contribution < -0.4 is 10.6 Å². The molecule has 3 aromatic carbocycles. The van der Waals surface area contributed by atoms with Gasteiger partial charge in [-0.1, -0.05) is 59.7 Å². The molecule has 1 aliphatic rings. The third-order valence-corrected chi connectivity index (χ3v) is 8.70. The number of rotatable bonds is 12. The molecule has 0 radical (unpaired) electrons. The molecule has 2 N–H and O–H groups in total. The monoisotopic (exact) mass is 605 g/mol. The molecule has 0 fully saturated rings. The lowest BCUT2D eigenvalue weighted by molar-refractivity contribution is -0.153. The summed E-state index contributed by atoms with van der Waals surface area (Å²) in [5.74, 6) is -0.793. The number of hydrogen-bond acceptors (Lipinski definition) is 7. The van der Waals surface area contributed by atoms with E-state index in [0.717, 1.165) is 58.3 Å². The molecule has 4 aromatic rings. The SMILES string of the molecule is CCOC(=O)c1ccc2c(c1CCCCc1ccncc1)C(N)C(C(=O)OCc1ccccc1)(c1cc(C)cc(C)c1)N2CC. The quantitative estimate of drug-likeness (QED) is 0.138. The number of fused-ring (bicyclic) bond motifs is 1. The van der Waals surface area contributed by atoms with Gasteiger partial charge >= 0.3 is 11.9 Å². The van der Waals surface area contributed by atoms with Crippen LogP contribution in [0, 0.1) is 13.8 Å². The number of nitrogens with two attached hydrogens (primary N) is 1. The van der Waals surface area contributed by atoms with Gasteiger partial charge in [0.1, 0.15) is 6.61 Å². The van der Waals surface area contributed by atoms with Crippen molar-refractivity contribution in [1.82, 2.24) is 4.98 Å². The summed E-state index contributed by atoms with van der Waals surface area (Å²) in [6.45, 7) is 8.78. The van der Waals surface area contributed by atoms with Crippen LogP contribution in [0.1, 0.15) is 82.0 Å². The van der Waals surface area contributed by atoms with Crippen LogP contribution in [0.3, 0.4) is 0 Å². The Morgan fingerprint density at radius 1 is 0.867 bits per heavy atom. The predicted octanol–water partition coefficient (Wildman–Crippen LogP) is 6.92. The fourth-order valence-corrected chi connectivity index (χ4v) is 6.79. The molecule has 1 aromatic heterocycles. The Hall–Kier alpha value is -4.49. The second-order valence-electron chi connectivity index (χ2n) is 11.7. The van der Waals surface area contributed by atoms with Gasteiger partial charge in [0.2, 0.25) is 0 Å². The van der Waals surface area contributed by atoms with Gasteiger partial charge in [-0.2, -0.15) is 0 Å². The second kappa shape index (κ2) is 14.1. The number of anilines is 1. The molecule has 0 saturated carbocycles. The summed E-state index contributed by atoms with van der Waals surface area (Å²) in [6.07, 6.45) is 6.89. The van der Waals surface area contributed by atoms with Crippen LogP contribution in [-0.4, -0.2) is 30.1 Å². The topological polar surface area (TPSA) is 94.8 Å². The molecule has 1 aliphatic heterocycles. The number of carbonyl (C=O) groups is 2. The van der Waals surface area contributed by atoms with Crippen molar-refractivity contribution in [3.05, 3.63) is 130 Å². The Kier molecular flexibility index (Phi) is 9.99. The molecule has 2 atom stereocenters. The number of ether oxygens (including phenoxy) is 2. The zero-order chi connectivity index (χ0) is 32.0. The van der Waals surface area contributed by atoms with Gasteiger partial charge in [-0.15, -0.1) is 0 Å². The lowest BCUT2D eigenvalue weighted by Crippen LogP contribution is -2.55. The zero-order valence-electron chi connectivity index (χ0n) is 26.7. The van der Waals surface area contributed by atoms with Gasteiger partial charge in [-0.25, -0.2) is 9.59 Å². The fraction of sp³-hybridized carbons (Fsp3) is 0.342. The first-order valence-electron chi connectivity index (χ1n) is 15.9. The van der Waals surface area contributed by atoms with E-state index in [4.69, 9.17) is 15.2 Å². The first-order chi connectivity index (χ1) is 21.8. The van der Waals surface area contributed by atoms with Crippen LogP contribution >= 0.6 is 0 Å². The zero-order valence-corrected chi connectivity index (χ0v) is 26.7. The predicted molar refractivity (Wildman–Crippen MR) is 177 cm³/mol. The van der Waals surface area contributed by atoms with Crippen molar-refractivity contribution < 1.29 is 19.1 Å². The van der Waals surface area contributed by atoms with Crippen molar-refractivity contribution in [2.24, 2.45) is 5.73 Å². The van der Waals surface area contributed by atoms with Crippen LogP contribution in [0.15, 0.2) is 85.2 Å². The summed E-state index contributed by atoms with van der Waals surface area (Å²) >= 11 is 0. The van der Waals surface area contributed by atoms with E-state index < -0.39 is 17.6 Å². The van der Waals surface area contributed by atoms with E-state index in [-0.39, 0.29) is 19.2 Å². The number of carbonyl (C=O) groups excluding carboxylic acids is 2. The highest BCUT2D eigenvalue weighted by atomic mass is 16.5. The molecule has 2 heterocycles. The van der Waals surface area contributed by atoms with Crippen molar-refractivity contribution in [1.29, 1.82) is 0 Å². The highest BCUT2D eigenvalue weighted by molar-refractivity contribution is 5.96. The van der Waals surface area contributed by atoms with Gasteiger partial charge in [0.05, 0.1) is 18.2 Å². The number of unbranched alkanes of at least 4 members (excludes halogenated alkanes) is 1. The Labute approximate surface area is 266 Å². The maximum absolute atomic E-state index is 14.6. The number of aryl methyl sites for hydroxylation is 3. The average molecular weight is 606 g/mol. The fourth-order valence-electron chi connectivity index (χ4n) is 6.79. The van der Waals surface area contributed by atoms with E-state index in [1.165, 1.54) is 5.56 Å². The summed E-state index contributed by atoms with van der Waals surface area (Å²) in [4.78, 5) is 34.1. The van der Waals surface area contributed by atoms with Crippen LogP contribution in [0.25, 0.3) is 0 Å². The molecule has 7 heteroatoms. The molecule has 0 spiro atoms. The summed E-state index contributed by atoms with van der Waals surface area (Å²) < 4.78 is 11.6. The van der Waals surface area contributed by atoms with Gasteiger partial charge in [-0.3, -0.25) is 4.98 Å². The number of benzene rings is 3. The summed E-state index contributed by atoms with van der Waals surface area (Å²) in [5, 5.41) is 0. The van der Waals surface area contributed by atoms with Gasteiger partial charge in [-0.05, 0) is 105 Å². The first kappa shape index (κ1) is 31.9. The van der Waals surface area contributed by atoms with Crippen molar-refractivity contribution in [3.63, 3.8) is 0 Å². The van der Waals surface area contributed by atoms with E-state index in [9.17, 15) is 9.59 Å². The lowest BCUT2D eigenvalue weighted by Gasteiger charge is -2.40. The number of hydrogen-bond donors (Lipinski definition) is 1. The van der Waals surface area contributed by atoms with E-state index in [1.807, 2.05) is 87.5 Å². The Balaban J connectivity index is 1.60. The number of likely N-dealkylation sites (N-methyl/N-ethyl adjacent to an activating group) is 1. The number of pyridine rings is 1. The molecule has 234 valence electrons.